The van der Waals surface area contributed by atoms with Crippen LogP contribution in [0.3, 0.4) is 0 Å². The average molecular weight is 372 g/mol. The number of para-hydroxylation sites is 1. The molecule has 0 bridgehead atoms. The molecule has 1 aliphatic carbocycles. The van der Waals surface area contributed by atoms with E-state index in [1.807, 2.05) is 10.5 Å². The van der Waals surface area contributed by atoms with Crippen molar-refractivity contribution in [3.05, 3.63) is 46.3 Å². The largest absolute Gasteiger partial charge is 0.618 e. The Bertz CT molecular complexity index is 1180. The Balaban J connectivity index is 1.77. The number of aryl methyl sites for hydroxylation is 1. The molecule has 132 valence electrons. The fourth-order valence-electron chi connectivity index (χ4n) is 3.33. The van der Waals surface area contributed by atoms with Crippen molar-refractivity contribution >= 4 is 28.2 Å². The normalized spacial score (nSPS) is 15.8. The molecule has 0 aliphatic heterocycles. The Morgan fingerprint density at radius 3 is 2.92 bits per heavy atom. The van der Waals surface area contributed by atoms with Gasteiger partial charge in [-0.15, -0.1) is 0 Å². The number of aromatic nitrogens is 5. The number of ether oxygens (including phenoxy) is 1. The predicted octanol–water partition coefficient (Wildman–Crippen LogP) is 2.77. The number of methoxy groups -OCH3 is 1. The van der Waals surface area contributed by atoms with Gasteiger partial charge in [0.25, 0.3) is 11.4 Å². The van der Waals surface area contributed by atoms with E-state index in [0.717, 1.165) is 17.6 Å². The van der Waals surface area contributed by atoms with E-state index in [1.165, 1.54) is 0 Å². The molecule has 9 heteroatoms. The minimum atomic E-state index is -0.453. The molecule has 0 atom stereocenters. The Labute approximate surface area is 152 Å². The van der Waals surface area contributed by atoms with Crippen molar-refractivity contribution < 1.29 is 14.0 Å². The summed E-state index contributed by atoms with van der Waals surface area (Å²) in [5.74, 6) is 0.767. The minimum absolute atomic E-state index is 0.260. The third-order valence-electron chi connectivity index (χ3n) is 4.97. The van der Waals surface area contributed by atoms with E-state index in [0.29, 0.717) is 38.8 Å². The zero-order valence-electron chi connectivity index (χ0n) is 14.1. The van der Waals surface area contributed by atoms with Gasteiger partial charge in [0, 0.05) is 14.0 Å². The number of imidazole rings is 1. The standard InChI is InChI=1S/C17H14ClN5O3/c1-9-13-12(15-20-16(21-26-15)17(25-2)6-7-17)19-8-22(13)11-5-3-4-10(18)14(11)23(9)24/h3-5,8H,6-7H2,1-2H3. The summed E-state index contributed by atoms with van der Waals surface area (Å²) in [6.07, 6.45) is 3.34. The van der Waals surface area contributed by atoms with Gasteiger partial charge < -0.3 is 14.5 Å². The quantitative estimate of drug-likeness (QED) is 0.406. The summed E-state index contributed by atoms with van der Waals surface area (Å²) in [5, 5.41) is 17.2. The van der Waals surface area contributed by atoms with Crippen molar-refractivity contribution in [2.45, 2.75) is 25.4 Å². The molecule has 8 nitrogen and oxygen atoms in total. The number of halogens is 1. The Morgan fingerprint density at radius 2 is 2.19 bits per heavy atom. The summed E-state index contributed by atoms with van der Waals surface area (Å²) >= 11 is 6.23. The molecule has 1 saturated carbocycles. The van der Waals surface area contributed by atoms with E-state index in [2.05, 4.69) is 15.1 Å². The number of rotatable bonds is 3. The first-order valence-electron chi connectivity index (χ1n) is 8.13. The van der Waals surface area contributed by atoms with E-state index in [1.54, 1.807) is 32.5 Å². The number of benzene rings is 1. The average Bonchev–Trinajstić information content (AvgIpc) is 3.07. The van der Waals surface area contributed by atoms with Gasteiger partial charge in [-0.3, -0.25) is 4.40 Å². The van der Waals surface area contributed by atoms with Crippen LogP contribution in [0.5, 0.6) is 0 Å². The van der Waals surface area contributed by atoms with E-state index in [4.69, 9.17) is 20.9 Å². The van der Waals surface area contributed by atoms with Gasteiger partial charge in [0.15, 0.2) is 5.69 Å². The fourth-order valence-corrected chi connectivity index (χ4v) is 3.58. The molecular weight excluding hydrogens is 358 g/mol. The molecule has 0 unspecified atom stereocenters. The van der Waals surface area contributed by atoms with E-state index < -0.39 is 5.60 Å². The number of hydrogen-bond acceptors (Lipinski definition) is 6. The summed E-state index contributed by atoms with van der Waals surface area (Å²) in [6, 6.07) is 5.29. The van der Waals surface area contributed by atoms with Gasteiger partial charge >= 0.3 is 0 Å². The predicted molar refractivity (Wildman–Crippen MR) is 92.6 cm³/mol. The topological polar surface area (TPSA) is 92.4 Å². The van der Waals surface area contributed by atoms with E-state index >= 15 is 0 Å². The molecule has 0 N–H and O–H groups in total. The first-order valence-corrected chi connectivity index (χ1v) is 8.50. The molecule has 3 aromatic heterocycles. The third-order valence-corrected chi connectivity index (χ3v) is 5.28. The van der Waals surface area contributed by atoms with Crippen LogP contribution in [0.2, 0.25) is 5.02 Å². The third kappa shape index (κ3) is 1.94. The van der Waals surface area contributed by atoms with Crippen molar-refractivity contribution in [1.29, 1.82) is 0 Å². The van der Waals surface area contributed by atoms with Gasteiger partial charge in [-0.05, 0) is 25.0 Å². The van der Waals surface area contributed by atoms with Crippen LogP contribution in [-0.4, -0.2) is 26.6 Å². The van der Waals surface area contributed by atoms with Gasteiger partial charge in [0.2, 0.25) is 11.5 Å². The lowest BCUT2D eigenvalue weighted by atomic mass is 10.2. The highest BCUT2D eigenvalue weighted by atomic mass is 35.5. The van der Waals surface area contributed by atoms with E-state index in [-0.39, 0.29) is 5.89 Å². The lowest BCUT2D eigenvalue weighted by Gasteiger charge is -2.09. The molecule has 0 radical (unpaired) electrons. The maximum absolute atomic E-state index is 12.8. The second kappa shape index (κ2) is 5.15. The molecule has 1 aromatic carbocycles. The molecule has 26 heavy (non-hydrogen) atoms. The van der Waals surface area contributed by atoms with Crippen molar-refractivity contribution in [2.24, 2.45) is 0 Å². The molecule has 4 aromatic rings. The van der Waals surface area contributed by atoms with Gasteiger partial charge in [0.1, 0.15) is 28.0 Å². The summed E-state index contributed by atoms with van der Waals surface area (Å²) in [4.78, 5) is 8.88. The Hall–Kier alpha value is -2.71. The van der Waals surface area contributed by atoms with Crippen molar-refractivity contribution in [3.8, 4) is 11.6 Å². The maximum Gasteiger partial charge on any atom is 0.279 e. The van der Waals surface area contributed by atoms with Crippen molar-refractivity contribution in [3.63, 3.8) is 0 Å². The first-order chi connectivity index (χ1) is 12.6. The summed E-state index contributed by atoms with van der Waals surface area (Å²) in [5.41, 5.74) is 2.11. The van der Waals surface area contributed by atoms with Gasteiger partial charge in [-0.25, -0.2) is 4.98 Å². The molecular formula is C17H14ClN5O3. The van der Waals surface area contributed by atoms with Crippen LogP contribution in [0.4, 0.5) is 0 Å². The van der Waals surface area contributed by atoms with Gasteiger partial charge in [0.05, 0.1) is 0 Å². The first kappa shape index (κ1) is 15.5. The van der Waals surface area contributed by atoms with Crippen molar-refractivity contribution in [2.75, 3.05) is 7.11 Å². The second-order valence-corrected chi connectivity index (χ2v) is 6.83. The lowest BCUT2D eigenvalue weighted by molar-refractivity contribution is -0.583. The second-order valence-electron chi connectivity index (χ2n) is 6.42. The van der Waals surface area contributed by atoms with Crippen molar-refractivity contribution in [1.82, 2.24) is 19.5 Å². The highest BCUT2D eigenvalue weighted by molar-refractivity contribution is 6.34. The zero-order chi connectivity index (χ0) is 18.1. The van der Waals surface area contributed by atoms with Crippen LogP contribution >= 0.6 is 11.6 Å². The van der Waals surface area contributed by atoms with Crippen LogP contribution in [-0.2, 0) is 10.3 Å². The SMILES string of the molecule is COC1(c2noc(-c3ncn4c3c(C)[n+]([O-])c3c(Cl)cccc34)n2)CC1. The molecule has 0 saturated heterocycles. The van der Waals surface area contributed by atoms with E-state index in [9.17, 15) is 5.21 Å². The lowest BCUT2D eigenvalue weighted by Crippen LogP contribution is -2.32. The molecule has 1 aliphatic rings. The molecule has 3 heterocycles. The summed E-state index contributed by atoms with van der Waals surface area (Å²) in [7, 11) is 1.63. The smallest absolute Gasteiger partial charge is 0.279 e. The number of hydrogen-bond donors (Lipinski definition) is 0. The van der Waals surface area contributed by atoms with Gasteiger partial charge in [-0.2, -0.15) is 9.71 Å². The minimum Gasteiger partial charge on any atom is -0.618 e. The molecule has 0 amide bonds. The van der Waals surface area contributed by atoms with Crippen LogP contribution < -0.4 is 4.73 Å². The van der Waals surface area contributed by atoms with Crippen LogP contribution in [0.15, 0.2) is 29.0 Å². The highest BCUT2D eigenvalue weighted by Crippen LogP contribution is 2.47. The Morgan fingerprint density at radius 1 is 1.38 bits per heavy atom. The monoisotopic (exact) mass is 371 g/mol. The fraction of sp³-hybridized carbons (Fsp3) is 0.294. The molecule has 1 fully saturated rings. The highest BCUT2D eigenvalue weighted by Gasteiger charge is 2.49. The zero-order valence-corrected chi connectivity index (χ0v) is 14.8. The number of fused-ring (bicyclic) bond motifs is 3. The molecule has 0 spiro atoms. The summed E-state index contributed by atoms with van der Waals surface area (Å²) in [6.45, 7) is 1.71. The van der Waals surface area contributed by atoms with Crippen LogP contribution in [0.1, 0.15) is 24.4 Å². The van der Waals surface area contributed by atoms with Crippen LogP contribution in [0.25, 0.3) is 28.1 Å². The summed E-state index contributed by atoms with van der Waals surface area (Å²) < 4.78 is 13.5. The maximum atomic E-state index is 12.8. The van der Waals surface area contributed by atoms with Gasteiger partial charge in [-0.1, -0.05) is 22.8 Å². The Kier molecular flexibility index (Phi) is 3.08. The molecule has 5 rings (SSSR count). The number of nitrogens with zero attached hydrogens (tertiary/aromatic N) is 5. The van der Waals surface area contributed by atoms with Crippen LogP contribution in [0, 0.1) is 12.1 Å².